The third kappa shape index (κ3) is 4.21. The molecule has 2 heterocycles. The Morgan fingerprint density at radius 3 is 2.54 bits per heavy atom. The molecule has 0 radical (unpaired) electrons. The first-order chi connectivity index (χ1) is 16.9. The molecule has 0 spiro atoms. The zero-order valence-electron chi connectivity index (χ0n) is 18.2. The fraction of sp³-hybridized carbons (Fsp3) is 0.0769. The second-order valence-electron chi connectivity index (χ2n) is 7.70. The number of aromatic hydroxyl groups is 1. The number of aromatic nitrogens is 1. The first-order valence-electron chi connectivity index (χ1n) is 10.4. The van der Waals surface area contributed by atoms with Gasteiger partial charge in [0.05, 0.1) is 19.2 Å². The van der Waals surface area contributed by atoms with E-state index in [4.69, 9.17) is 9.15 Å². The molecule has 0 aliphatic carbocycles. The van der Waals surface area contributed by atoms with Crippen LogP contribution in [0.1, 0.15) is 5.56 Å². The summed E-state index contributed by atoms with van der Waals surface area (Å²) in [5, 5.41) is 11.5. The van der Waals surface area contributed by atoms with Gasteiger partial charge in [0.1, 0.15) is 21.8 Å². The summed E-state index contributed by atoms with van der Waals surface area (Å²) in [5.74, 6) is -0.344. The van der Waals surface area contributed by atoms with Crippen LogP contribution in [0.5, 0.6) is 11.5 Å². The number of nitrogens with zero attached hydrogens (tertiary/aromatic N) is 1. The largest absolute Gasteiger partial charge is 0.505 e. The molecule has 0 aliphatic heterocycles. The van der Waals surface area contributed by atoms with Crippen molar-refractivity contribution in [2.45, 2.75) is 16.3 Å². The SMILES string of the molecule is COc1ccc2c3oc(=O)c(Sc4ccccc4Br)c(O)c3c(=O)n(Cc3ccc(F)cc3)c2c1. The molecule has 0 bridgehead atoms. The number of methoxy groups -OCH3 is 1. The number of halogens is 2. The van der Waals surface area contributed by atoms with E-state index in [1.54, 1.807) is 48.5 Å². The van der Waals surface area contributed by atoms with Crippen molar-refractivity contribution in [1.29, 1.82) is 0 Å². The fourth-order valence-corrected chi connectivity index (χ4v) is 5.23. The standard InChI is InChI=1S/C26H17BrFNO5S/c1-33-16-10-11-17-19(12-16)29(13-14-6-8-15(28)9-7-14)25(31)21-22(30)24(26(32)34-23(17)21)35-20-5-3-2-4-18(20)27/h2-12,30H,13H2,1H3. The number of ether oxygens (including phenoxy) is 1. The first-order valence-corrected chi connectivity index (χ1v) is 12.1. The van der Waals surface area contributed by atoms with Crippen molar-refractivity contribution in [2.75, 3.05) is 7.11 Å². The fourth-order valence-electron chi connectivity index (χ4n) is 3.85. The molecule has 0 saturated heterocycles. The number of fused-ring (bicyclic) bond motifs is 3. The van der Waals surface area contributed by atoms with E-state index in [0.717, 1.165) is 16.2 Å². The summed E-state index contributed by atoms with van der Waals surface area (Å²) >= 11 is 4.43. The van der Waals surface area contributed by atoms with E-state index in [1.807, 2.05) is 6.07 Å². The third-order valence-electron chi connectivity index (χ3n) is 5.56. The maximum absolute atomic E-state index is 13.7. The molecule has 0 unspecified atom stereocenters. The molecular weight excluding hydrogens is 537 g/mol. The Labute approximate surface area is 210 Å². The molecule has 9 heteroatoms. The highest BCUT2D eigenvalue weighted by molar-refractivity contribution is 9.10. The van der Waals surface area contributed by atoms with Crippen LogP contribution in [0.4, 0.5) is 4.39 Å². The summed E-state index contributed by atoms with van der Waals surface area (Å²) in [7, 11) is 1.50. The van der Waals surface area contributed by atoms with Crippen molar-refractivity contribution in [3.8, 4) is 11.5 Å². The monoisotopic (exact) mass is 553 g/mol. The summed E-state index contributed by atoms with van der Waals surface area (Å²) in [6.07, 6.45) is 0. The predicted octanol–water partition coefficient (Wildman–Crippen LogP) is 5.92. The van der Waals surface area contributed by atoms with Gasteiger partial charge in [-0.15, -0.1) is 0 Å². The number of hydrogen-bond acceptors (Lipinski definition) is 6. The molecule has 0 aliphatic rings. The molecule has 35 heavy (non-hydrogen) atoms. The average Bonchev–Trinajstić information content (AvgIpc) is 2.85. The summed E-state index contributed by atoms with van der Waals surface area (Å²) in [6.45, 7) is 0.101. The second-order valence-corrected chi connectivity index (χ2v) is 9.61. The summed E-state index contributed by atoms with van der Waals surface area (Å²) in [6, 6.07) is 18.0. The highest BCUT2D eigenvalue weighted by atomic mass is 79.9. The van der Waals surface area contributed by atoms with E-state index >= 15 is 0 Å². The molecule has 1 N–H and O–H groups in total. The Balaban J connectivity index is 1.81. The van der Waals surface area contributed by atoms with Crippen LogP contribution in [0.15, 0.2) is 95.0 Å². The average molecular weight is 554 g/mol. The zero-order chi connectivity index (χ0) is 24.7. The van der Waals surface area contributed by atoms with Crippen LogP contribution in [0, 0.1) is 5.82 Å². The predicted molar refractivity (Wildman–Crippen MR) is 136 cm³/mol. The topological polar surface area (TPSA) is 81.7 Å². The lowest BCUT2D eigenvalue weighted by molar-refractivity contribution is 0.415. The van der Waals surface area contributed by atoms with Gasteiger partial charge in [-0.3, -0.25) is 4.79 Å². The highest BCUT2D eigenvalue weighted by Crippen LogP contribution is 2.39. The maximum atomic E-state index is 13.7. The molecule has 0 amide bonds. The second kappa shape index (κ2) is 9.24. The van der Waals surface area contributed by atoms with Crippen LogP contribution in [-0.2, 0) is 6.54 Å². The van der Waals surface area contributed by atoms with Gasteiger partial charge in [0.2, 0.25) is 0 Å². The van der Waals surface area contributed by atoms with Crippen LogP contribution in [-0.4, -0.2) is 16.8 Å². The Hall–Kier alpha value is -3.56. The summed E-state index contributed by atoms with van der Waals surface area (Å²) in [4.78, 5) is 27.2. The first kappa shape index (κ1) is 23.2. The van der Waals surface area contributed by atoms with Gasteiger partial charge < -0.3 is 18.8 Å². The van der Waals surface area contributed by atoms with Gasteiger partial charge in [-0.05, 0) is 57.9 Å². The molecule has 0 saturated carbocycles. The number of benzene rings is 3. The molecule has 0 fully saturated rings. The number of rotatable bonds is 5. The van der Waals surface area contributed by atoms with Crippen LogP contribution in [0.25, 0.3) is 21.9 Å². The Morgan fingerprint density at radius 2 is 1.83 bits per heavy atom. The van der Waals surface area contributed by atoms with Gasteiger partial charge in [0.15, 0.2) is 11.3 Å². The van der Waals surface area contributed by atoms with E-state index in [9.17, 15) is 19.1 Å². The zero-order valence-corrected chi connectivity index (χ0v) is 20.7. The minimum absolute atomic E-state index is 0.0120. The van der Waals surface area contributed by atoms with E-state index in [0.29, 0.717) is 27.1 Å². The van der Waals surface area contributed by atoms with Gasteiger partial charge in [0, 0.05) is 20.8 Å². The molecule has 5 aromatic rings. The Morgan fingerprint density at radius 1 is 1.09 bits per heavy atom. The lowest BCUT2D eigenvalue weighted by atomic mass is 10.1. The molecule has 2 aromatic heterocycles. The normalized spacial score (nSPS) is 11.3. The molecule has 6 nitrogen and oxygen atoms in total. The molecule has 0 atom stereocenters. The van der Waals surface area contributed by atoms with Crippen LogP contribution < -0.4 is 15.9 Å². The molecule has 176 valence electrons. The van der Waals surface area contributed by atoms with Crippen LogP contribution >= 0.6 is 27.7 Å². The molecular formula is C26H17BrFNO5S. The van der Waals surface area contributed by atoms with Crippen molar-refractivity contribution in [3.63, 3.8) is 0 Å². The van der Waals surface area contributed by atoms with Crippen LogP contribution in [0.2, 0.25) is 0 Å². The van der Waals surface area contributed by atoms with Gasteiger partial charge in [0.25, 0.3) is 5.56 Å². The Bertz CT molecular complexity index is 1710. The highest BCUT2D eigenvalue weighted by Gasteiger charge is 2.23. The van der Waals surface area contributed by atoms with Crippen molar-refractivity contribution in [3.05, 3.63) is 103 Å². The van der Waals surface area contributed by atoms with Crippen molar-refractivity contribution in [1.82, 2.24) is 4.57 Å². The minimum atomic E-state index is -0.761. The number of hydrogen-bond donors (Lipinski definition) is 1. The van der Waals surface area contributed by atoms with E-state index in [2.05, 4.69) is 15.9 Å². The van der Waals surface area contributed by atoms with Crippen molar-refractivity contribution in [2.24, 2.45) is 0 Å². The van der Waals surface area contributed by atoms with E-state index in [1.165, 1.54) is 23.8 Å². The Kier molecular flexibility index (Phi) is 6.12. The lowest BCUT2D eigenvalue weighted by Crippen LogP contribution is -2.23. The van der Waals surface area contributed by atoms with Gasteiger partial charge in [-0.25, -0.2) is 9.18 Å². The smallest absolute Gasteiger partial charge is 0.354 e. The quantitative estimate of drug-likeness (QED) is 0.272. The van der Waals surface area contributed by atoms with Crippen molar-refractivity contribution < 1.29 is 18.7 Å². The van der Waals surface area contributed by atoms with Gasteiger partial charge >= 0.3 is 5.63 Å². The lowest BCUT2D eigenvalue weighted by Gasteiger charge is -2.15. The summed E-state index contributed by atoms with van der Waals surface area (Å²) < 4.78 is 26.6. The minimum Gasteiger partial charge on any atom is -0.505 e. The van der Waals surface area contributed by atoms with Crippen molar-refractivity contribution >= 4 is 49.6 Å². The summed E-state index contributed by atoms with van der Waals surface area (Å²) in [5.41, 5.74) is -0.206. The molecule has 5 rings (SSSR count). The number of pyridine rings is 1. The third-order valence-corrected chi connectivity index (χ3v) is 7.66. The molecule has 3 aromatic carbocycles. The van der Waals surface area contributed by atoms with Gasteiger partial charge in [-0.1, -0.05) is 36.0 Å². The maximum Gasteiger partial charge on any atom is 0.354 e. The van der Waals surface area contributed by atoms with Crippen LogP contribution in [0.3, 0.4) is 0 Å². The van der Waals surface area contributed by atoms with E-state index in [-0.39, 0.29) is 28.2 Å². The van der Waals surface area contributed by atoms with Gasteiger partial charge in [-0.2, -0.15) is 0 Å². The van der Waals surface area contributed by atoms with E-state index < -0.39 is 16.9 Å².